The smallest absolute Gasteiger partial charge is 0.149 e. The molecule has 1 aliphatic carbocycles. The molecule has 1 aliphatic rings. The van der Waals surface area contributed by atoms with E-state index in [1.54, 1.807) is 0 Å². The maximum Gasteiger partial charge on any atom is 0.149 e. The van der Waals surface area contributed by atoms with Gasteiger partial charge < -0.3 is 15.5 Å². The van der Waals surface area contributed by atoms with Crippen molar-refractivity contribution in [1.82, 2.24) is 15.2 Å². The van der Waals surface area contributed by atoms with Gasteiger partial charge in [0, 0.05) is 12.3 Å². The second-order valence-corrected chi connectivity index (χ2v) is 6.32. The number of halogens is 1. The minimum Gasteiger partial charge on any atom is -0.506 e. The van der Waals surface area contributed by atoms with Crippen molar-refractivity contribution < 1.29 is 10.2 Å². The van der Waals surface area contributed by atoms with Crippen LogP contribution < -0.4 is 5.32 Å². The van der Waals surface area contributed by atoms with Crippen molar-refractivity contribution in [3.63, 3.8) is 0 Å². The summed E-state index contributed by atoms with van der Waals surface area (Å²) in [6, 6.07) is 3.28. The molecule has 0 amide bonds. The van der Waals surface area contributed by atoms with Crippen LogP contribution in [0.15, 0.2) is 18.3 Å². The molecule has 6 nitrogen and oxygen atoms in total. The molecule has 2 aromatic rings. The Bertz CT molecular complexity index is 710. The number of aromatic nitrogens is 3. The molecule has 23 heavy (non-hydrogen) atoms. The van der Waals surface area contributed by atoms with Gasteiger partial charge in [0.1, 0.15) is 23.0 Å². The largest absolute Gasteiger partial charge is 0.506 e. The summed E-state index contributed by atoms with van der Waals surface area (Å²) in [6.07, 6.45) is 5.00. The van der Waals surface area contributed by atoms with Crippen LogP contribution in [0, 0.1) is 6.92 Å². The number of aryl methyl sites for hydroxylation is 1. The Morgan fingerprint density at radius 1 is 1.17 bits per heavy atom. The van der Waals surface area contributed by atoms with Gasteiger partial charge in [-0.3, -0.25) is 0 Å². The van der Waals surface area contributed by atoms with Crippen LogP contribution in [0.5, 0.6) is 5.75 Å². The average Bonchev–Trinajstić information content (AvgIpc) is 2.51. The second kappa shape index (κ2) is 6.68. The van der Waals surface area contributed by atoms with E-state index in [1.807, 2.05) is 13.0 Å². The molecule has 0 aromatic carbocycles. The molecule has 2 unspecified atom stereocenters. The number of hydrogen-bond donors (Lipinski definition) is 3. The highest BCUT2D eigenvalue weighted by atomic mass is 35.5. The van der Waals surface area contributed by atoms with Crippen LogP contribution in [0.4, 0.5) is 5.82 Å². The molecule has 0 saturated heterocycles. The van der Waals surface area contributed by atoms with Gasteiger partial charge in [-0.15, -0.1) is 10.2 Å². The Kier molecular flexibility index (Phi) is 4.63. The Morgan fingerprint density at radius 2 is 1.96 bits per heavy atom. The number of aromatic hydroxyl groups is 1. The van der Waals surface area contributed by atoms with Crippen molar-refractivity contribution in [2.45, 2.75) is 44.8 Å². The quantitative estimate of drug-likeness (QED) is 0.799. The van der Waals surface area contributed by atoms with Gasteiger partial charge in [0.05, 0.1) is 17.2 Å². The van der Waals surface area contributed by atoms with Crippen LogP contribution in [-0.2, 0) is 0 Å². The maximum atomic E-state index is 10.0. The molecule has 7 heteroatoms. The third-order valence-corrected chi connectivity index (χ3v) is 4.31. The molecule has 2 heterocycles. The van der Waals surface area contributed by atoms with E-state index in [0.29, 0.717) is 22.2 Å². The molecule has 3 rings (SSSR count). The van der Waals surface area contributed by atoms with Crippen LogP contribution >= 0.6 is 11.6 Å². The van der Waals surface area contributed by atoms with Crippen LogP contribution in [0.1, 0.15) is 31.2 Å². The average molecular weight is 335 g/mol. The highest BCUT2D eigenvalue weighted by molar-refractivity contribution is 6.30. The lowest BCUT2D eigenvalue weighted by molar-refractivity contribution is 0.116. The fraction of sp³-hybridized carbons (Fsp3) is 0.438. The third kappa shape index (κ3) is 3.54. The zero-order valence-corrected chi connectivity index (χ0v) is 13.6. The summed E-state index contributed by atoms with van der Waals surface area (Å²) < 4.78 is 0. The minimum absolute atomic E-state index is 0.00496. The van der Waals surface area contributed by atoms with E-state index in [0.717, 1.165) is 31.2 Å². The third-order valence-electron chi connectivity index (χ3n) is 4.11. The predicted octanol–water partition coefficient (Wildman–Crippen LogP) is 2.92. The first-order chi connectivity index (χ1) is 11.0. The Hall–Kier alpha value is -1.92. The van der Waals surface area contributed by atoms with E-state index >= 15 is 0 Å². The highest BCUT2D eigenvalue weighted by Crippen LogP contribution is 2.30. The van der Waals surface area contributed by atoms with Crippen LogP contribution in [0.3, 0.4) is 0 Å². The van der Waals surface area contributed by atoms with E-state index in [-0.39, 0.29) is 17.9 Å². The molecule has 0 radical (unpaired) electrons. The lowest BCUT2D eigenvalue weighted by Gasteiger charge is -2.28. The van der Waals surface area contributed by atoms with Gasteiger partial charge in [-0.2, -0.15) is 0 Å². The van der Waals surface area contributed by atoms with Crippen LogP contribution in [0.25, 0.3) is 11.4 Å². The maximum absolute atomic E-state index is 10.0. The van der Waals surface area contributed by atoms with Gasteiger partial charge in [0.2, 0.25) is 0 Å². The normalized spacial score (nSPS) is 21.2. The first-order valence-electron chi connectivity index (χ1n) is 7.68. The first-order valence-corrected chi connectivity index (χ1v) is 8.06. The van der Waals surface area contributed by atoms with E-state index in [9.17, 15) is 10.2 Å². The van der Waals surface area contributed by atoms with Gasteiger partial charge in [-0.1, -0.05) is 24.4 Å². The van der Waals surface area contributed by atoms with Crippen LogP contribution in [-0.4, -0.2) is 37.5 Å². The molecule has 0 spiro atoms. The van der Waals surface area contributed by atoms with E-state index in [4.69, 9.17) is 11.6 Å². The fourth-order valence-electron chi connectivity index (χ4n) is 2.87. The first kappa shape index (κ1) is 16.0. The number of aliphatic hydroxyl groups excluding tert-OH is 1. The zero-order chi connectivity index (χ0) is 16.4. The number of hydrogen-bond acceptors (Lipinski definition) is 6. The molecule has 0 aliphatic heterocycles. The van der Waals surface area contributed by atoms with Crippen molar-refractivity contribution in [3.05, 3.63) is 28.9 Å². The number of aliphatic hydroxyl groups is 1. The van der Waals surface area contributed by atoms with Crippen molar-refractivity contribution in [3.8, 4) is 17.1 Å². The molecule has 1 saturated carbocycles. The fourth-order valence-corrected chi connectivity index (χ4v) is 3.02. The summed E-state index contributed by atoms with van der Waals surface area (Å²) in [4.78, 5) is 4.12. The van der Waals surface area contributed by atoms with Crippen molar-refractivity contribution >= 4 is 17.4 Å². The second-order valence-electron chi connectivity index (χ2n) is 5.89. The number of nitrogens with one attached hydrogen (secondary N) is 1. The number of pyridine rings is 1. The van der Waals surface area contributed by atoms with Crippen LogP contribution in [0.2, 0.25) is 5.02 Å². The number of nitrogens with zero attached hydrogens (tertiary/aromatic N) is 3. The summed E-state index contributed by atoms with van der Waals surface area (Å²) in [5, 5.41) is 31.9. The lowest BCUT2D eigenvalue weighted by Crippen LogP contribution is -2.36. The summed E-state index contributed by atoms with van der Waals surface area (Å²) in [7, 11) is 0. The Labute approximate surface area is 139 Å². The topological polar surface area (TPSA) is 91.2 Å². The van der Waals surface area contributed by atoms with E-state index in [2.05, 4.69) is 20.5 Å². The van der Waals surface area contributed by atoms with Gasteiger partial charge in [-0.25, -0.2) is 4.98 Å². The molecular weight excluding hydrogens is 316 g/mol. The predicted molar refractivity (Wildman–Crippen MR) is 88.6 cm³/mol. The van der Waals surface area contributed by atoms with Crippen molar-refractivity contribution in [2.24, 2.45) is 0 Å². The SMILES string of the molecule is Cc1cc(NC2CCCCC2O)nnc1-c1ncc(Cl)cc1O. The summed E-state index contributed by atoms with van der Waals surface area (Å²) in [5.74, 6) is 0.587. The monoisotopic (exact) mass is 334 g/mol. The van der Waals surface area contributed by atoms with E-state index < -0.39 is 0 Å². The van der Waals surface area contributed by atoms with Gasteiger partial charge >= 0.3 is 0 Å². The molecule has 2 atom stereocenters. The Morgan fingerprint density at radius 3 is 2.65 bits per heavy atom. The van der Waals surface area contributed by atoms with Crippen molar-refractivity contribution in [2.75, 3.05) is 5.32 Å². The summed E-state index contributed by atoms with van der Waals surface area (Å²) >= 11 is 5.80. The zero-order valence-electron chi connectivity index (χ0n) is 12.8. The Balaban J connectivity index is 1.83. The number of rotatable bonds is 3. The summed E-state index contributed by atoms with van der Waals surface area (Å²) in [5.41, 5.74) is 1.69. The van der Waals surface area contributed by atoms with Gasteiger partial charge in [0.25, 0.3) is 0 Å². The molecule has 1 fully saturated rings. The standard InChI is InChI=1S/C16H19ClN4O2/c1-9-6-14(19-11-4-2-3-5-12(11)22)20-21-15(9)16-13(23)7-10(17)8-18-16/h6-8,11-12,22-23H,2-5H2,1H3,(H,19,20). The van der Waals surface area contributed by atoms with Gasteiger partial charge in [-0.05, 0) is 31.4 Å². The summed E-state index contributed by atoms with van der Waals surface area (Å²) in [6.45, 7) is 1.88. The molecule has 2 aromatic heterocycles. The molecule has 122 valence electrons. The molecule has 0 bridgehead atoms. The lowest BCUT2D eigenvalue weighted by atomic mass is 9.92. The highest BCUT2D eigenvalue weighted by Gasteiger charge is 2.23. The van der Waals surface area contributed by atoms with Crippen molar-refractivity contribution in [1.29, 1.82) is 0 Å². The van der Waals surface area contributed by atoms with E-state index in [1.165, 1.54) is 12.3 Å². The molecular formula is C16H19ClN4O2. The molecule has 3 N–H and O–H groups in total. The van der Waals surface area contributed by atoms with Gasteiger partial charge in [0.15, 0.2) is 0 Å². The number of anilines is 1. The minimum atomic E-state index is -0.354.